The zero-order valence-electron chi connectivity index (χ0n) is 9.15. The highest BCUT2D eigenvalue weighted by molar-refractivity contribution is 5.69. The van der Waals surface area contributed by atoms with Gasteiger partial charge < -0.3 is 5.32 Å². The number of rotatable bonds is 1. The lowest BCUT2D eigenvalue weighted by Crippen LogP contribution is -2.18. The molecule has 1 aromatic rings. The maximum Gasteiger partial charge on any atom is 0.0379 e. The predicted molar refractivity (Wildman–Crippen MR) is 62.7 cm³/mol. The number of fused-ring (bicyclic) bond motifs is 1. The van der Waals surface area contributed by atoms with Gasteiger partial charge in [0.1, 0.15) is 0 Å². The number of nitrogens with one attached hydrogen (secondary N) is 1. The Labute approximate surface area is 85.8 Å². The standard InChI is InChI=1S/C13H17N/c1-9(2)10-5-6-12-11(7-10)13(3,4)8-14-12/h5-7,14H,1,8H2,2-4H3. The minimum atomic E-state index is 0.251. The van der Waals surface area contributed by atoms with Gasteiger partial charge in [-0.15, -0.1) is 0 Å². The van der Waals surface area contributed by atoms with E-state index in [-0.39, 0.29) is 5.41 Å². The summed E-state index contributed by atoms with van der Waals surface area (Å²) in [6.45, 7) is 11.6. The second-order valence-electron chi connectivity index (χ2n) is 4.78. The van der Waals surface area contributed by atoms with E-state index in [4.69, 9.17) is 0 Å². The summed E-state index contributed by atoms with van der Waals surface area (Å²) in [5, 5.41) is 3.43. The Balaban J connectivity index is 2.53. The number of benzene rings is 1. The van der Waals surface area contributed by atoms with Crippen LogP contribution in [0.2, 0.25) is 0 Å². The molecule has 1 aliphatic rings. The summed E-state index contributed by atoms with van der Waals surface area (Å²) in [7, 11) is 0. The highest BCUT2D eigenvalue weighted by Crippen LogP contribution is 2.37. The first-order valence-corrected chi connectivity index (χ1v) is 5.05. The Bertz CT molecular complexity index is 388. The third-order valence-corrected chi connectivity index (χ3v) is 2.96. The van der Waals surface area contributed by atoms with E-state index in [1.165, 1.54) is 16.8 Å². The lowest BCUT2D eigenvalue weighted by molar-refractivity contribution is 0.586. The lowest BCUT2D eigenvalue weighted by Gasteiger charge is -2.17. The molecule has 14 heavy (non-hydrogen) atoms. The molecule has 0 unspecified atom stereocenters. The van der Waals surface area contributed by atoms with Crippen molar-refractivity contribution in [2.24, 2.45) is 0 Å². The van der Waals surface area contributed by atoms with E-state index in [2.05, 4.69) is 50.9 Å². The smallest absolute Gasteiger partial charge is 0.0379 e. The van der Waals surface area contributed by atoms with Gasteiger partial charge in [0.2, 0.25) is 0 Å². The van der Waals surface area contributed by atoms with Crippen molar-refractivity contribution in [1.29, 1.82) is 0 Å². The molecular formula is C13H17N. The first kappa shape index (κ1) is 9.32. The third-order valence-electron chi connectivity index (χ3n) is 2.96. The monoisotopic (exact) mass is 187 g/mol. The molecule has 0 spiro atoms. The Morgan fingerprint density at radius 3 is 2.79 bits per heavy atom. The van der Waals surface area contributed by atoms with Crippen molar-refractivity contribution in [2.45, 2.75) is 26.2 Å². The van der Waals surface area contributed by atoms with E-state index >= 15 is 0 Å². The molecule has 0 fully saturated rings. The van der Waals surface area contributed by atoms with Gasteiger partial charge in [0.05, 0.1) is 0 Å². The Morgan fingerprint density at radius 1 is 1.43 bits per heavy atom. The molecular weight excluding hydrogens is 170 g/mol. The first-order valence-electron chi connectivity index (χ1n) is 5.05. The summed E-state index contributed by atoms with van der Waals surface area (Å²) in [4.78, 5) is 0. The van der Waals surface area contributed by atoms with Gasteiger partial charge in [0.15, 0.2) is 0 Å². The van der Waals surface area contributed by atoms with Gasteiger partial charge in [-0.25, -0.2) is 0 Å². The van der Waals surface area contributed by atoms with E-state index in [1.54, 1.807) is 0 Å². The van der Waals surface area contributed by atoms with E-state index < -0.39 is 0 Å². The van der Waals surface area contributed by atoms with Crippen molar-refractivity contribution >= 4 is 11.3 Å². The molecule has 1 heterocycles. The van der Waals surface area contributed by atoms with Crippen LogP contribution < -0.4 is 5.32 Å². The van der Waals surface area contributed by atoms with Crippen LogP contribution >= 0.6 is 0 Å². The molecule has 0 saturated carbocycles. The molecule has 74 valence electrons. The third kappa shape index (κ3) is 1.33. The van der Waals surface area contributed by atoms with Crippen LogP contribution in [0.25, 0.3) is 5.57 Å². The highest BCUT2D eigenvalue weighted by Gasteiger charge is 2.29. The van der Waals surface area contributed by atoms with Gasteiger partial charge >= 0.3 is 0 Å². The summed E-state index contributed by atoms with van der Waals surface area (Å²) in [5.41, 5.74) is 5.33. The van der Waals surface area contributed by atoms with Crippen LogP contribution in [0.1, 0.15) is 31.9 Å². The normalized spacial score (nSPS) is 17.4. The number of hydrogen-bond acceptors (Lipinski definition) is 1. The summed E-state index contributed by atoms with van der Waals surface area (Å²) in [6, 6.07) is 6.56. The zero-order chi connectivity index (χ0) is 10.3. The van der Waals surface area contributed by atoms with Crippen LogP contribution in [0, 0.1) is 0 Å². The molecule has 2 rings (SSSR count). The largest absolute Gasteiger partial charge is 0.384 e. The second-order valence-corrected chi connectivity index (χ2v) is 4.78. The maximum absolute atomic E-state index is 3.98. The van der Waals surface area contributed by atoms with Crippen LogP contribution in [0.4, 0.5) is 5.69 Å². The molecule has 1 nitrogen and oxygen atoms in total. The van der Waals surface area contributed by atoms with Crippen molar-refractivity contribution in [1.82, 2.24) is 0 Å². The van der Waals surface area contributed by atoms with Gasteiger partial charge in [0, 0.05) is 17.6 Å². The van der Waals surface area contributed by atoms with Crippen LogP contribution in [0.15, 0.2) is 24.8 Å². The fourth-order valence-electron chi connectivity index (χ4n) is 1.94. The van der Waals surface area contributed by atoms with Crippen molar-refractivity contribution < 1.29 is 0 Å². The molecule has 0 saturated heterocycles. The molecule has 1 aromatic carbocycles. The molecule has 0 aromatic heterocycles. The van der Waals surface area contributed by atoms with Gasteiger partial charge in [-0.2, -0.15) is 0 Å². The average molecular weight is 187 g/mol. The van der Waals surface area contributed by atoms with Gasteiger partial charge in [0.25, 0.3) is 0 Å². The highest BCUT2D eigenvalue weighted by atomic mass is 14.9. The molecule has 0 radical (unpaired) electrons. The second kappa shape index (κ2) is 2.88. The molecule has 1 N–H and O–H groups in total. The maximum atomic E-state index is 3.98. The number of allylic oxidation sites excluding steroid dienone is 1. The van der Waals surface area contributed by atoms with Gasteiger partial charge in [-0.05, 0) is 30.2 Å². The average Bonchev–Trinajstić information content (AvgIpc) is 2.42. The zero-order valence-corrected chi connectivity index (χ0v) is 9.15. The van der Waals surface area contributed by atoms with E-state index in [1.807, 2.05) is 0 Å². The first-order chi connectivity index (χ1) is 6.50. The van der Waals surface area contributed by atoms with Gasteiger partial charge in [-0.1, -0.05) is 32.1 Å². The molecule has 0 atom stereocenters. The molecule has 0 amide bonds. The molecule has 1 aliphatic heterocycles. The fourth-order valence-corrected chi connectivity index (χ4v) is 1.94. The van der Waals surface area contributed by atoms with E-state index in [0.717, 1.165) is 12.1 Å². The minimum absolute atomic E-state index is 0.251. The molecule has 1 heteroatoms. The van der Waals surface area contributed by atoms with Crippen molar-refractivity contribution in [3.63, 3.8) is 0 Å². The van der Waals surface area contributed by atoms with E-state index in [0.29, 0.717) is 0 Å². The molecule has 0 aliphatic carbocycles. The van der Waals surface area contributed by atoms with Crippen LogP contribution in [0.3, 0.4) is 0 Å². The van der Waals surface area contributed by atoms with E-state index in [9.17, 15) is 0 Å². The predicted octanol–water partition coefficient (Wildman–Crippen LogP) is 3.42. The molecule has 0 bridgehead atoms. The van der Waals surface area contributed by atoms with Crippen LogP contribution in [-0.2, 0) is 5.41 Å². The van der Waals surface area contributed by atoms with Crippen molar-refractivity contribution in [3.05, 3.63) is 35.9 Å². The summed E-state index contributed by atoms with van der Waals surface area (Å²) in [6.07, 6.45) is 0. The van der Waals surface area contributed by atoms with Gasteiger partial charge in [-0.3, -0.25) is 0 Å². The number of anilines is 1. The van der Waals surface area contributed by atoms with Crippen LogP contribution in [0.5, 0.6) is 0 Å². The SMILES string of the molecule is C=C(C)c1ccc2c(c1)C(C)(C)CN2. The Morgan fingerprint density at radius 2 is 2.14 bits per heavy atom. The topological polar surface area (TPSA) is 12.0 Å². The summed E-state index contributed by atoms with van der Waals surface area (Å²) in [5.74, 6) is 0. The fraction of sp³-hybridized carbons (Fsp3) is 0.385. The summed E-state index contributed by atoms with van der Waals surface area (Å²) < 4.78 is 0. The Hall–Kier alpha value is -1.24. The van der Waals surface area contributed by atoms with Crippen molar-refractivity contribution in [2.75, 3.05) is 11.9 Å². The summed E-state index contributed by atoms with van der Waals surface area (Å²) >= 11 is 0. The van der Waals surface area contributed by atoms with Crippen molar-refractivity contribution in [3.8, 4) is 0 Å². The lowest BCUT2D eigenvalue weighted by atomic mass is 9.85. The minimum Gasteiger partial charge on any atom is -0.384 e. The Kier molecular flexibility index (Phi) is 1.91. The van der Waals surface area contributed by atoms with Crippen LogP contribution in [-0.4, -0.2) is 6.54 Å². The quantitative estimate of drug-likeness (QED) is 0.710. The number of hydrogen-bond donors (Lipinski definition) is 1.